The number of aryl methyl sites for hydroxylation is 3. The topological polar surface area (TPSA) is 55.1 Å². The van der Waals surface area contributed by atoms with Gasteiger partial charge in [0.05, 0.1) is 0 Å². The van der Waals surface area contributed by atoms with Crippen molar-refractivity contribution in [1.82, 2.24) is 4.98 Å². The highest BCUT2D eigenvalue weighted by atomic mass is 16.3. The van der Waals surface area contributed by atoms with E-state index in [4.69, 9.17) is 4.42 Å². The van der Waals surface area contributed by atoms with Gasteiger partial charge in [-0.2, -0.15) is 0 Å². The van der Waals surface area contributed by atoms with Crippen molar-refractivity contribution >= 4 is 22.7 Å². The molecule has 112 valence electrons. The molecule has 0 aliphatic carbocycles. The lowest BCUT2D eigenvalue weighted by molar-refractivity contribution is -0.116. The number of rotatable bonds is 4. The molecular weight excluding hydrogens is 276 g/mol. The van der Waals surface area contributed by atoms with Gasteiger partial charge in [-0.05, 0) is 31.0 Å². The number of nitrogens with zero attached hydrogens (tertiary/aromatic N) is 1. The summed E-state index contributed by atoms with van der Waals surface area (Å²) in [6.45, 7) is 3.86. The zero-order chi connectivity index (χ0) is 15.5. The zero-order valence-electron chi connectivity index (χ0n) is 12.7. The molecular formula is C18H18N2O2. The number of anilines is 1. The fourth-order valence-corrected chi connectivity index (χ4v) is 2.35. The van der Waals surface area contributed by atoms with Crippen LogP contribution in [0.5, 0.6) is 0 Å². The average Bonchev–Trinajstić information content (AvgIpc) is 2.86. The van der Waals surface area contributed by atoms with Gasteiger partial charge in [0.1, 0.15) is 5.52 Å². The summed E-state index contributed by atoms with van der Waals surface area (Å²) in [7, 11) is 0. The molecule has 4 heteroatoms. The predicted octanol–water partition coefficient (Wildman–Crippen LogP) is 4.02. The van der Waals surface area contributed by atoms with E-state index in [0.29, 0.717) is 17.9 Å². The molecule has 22 heavy (non-hydrogen) atoms. The van der Waals surface area contributed by atoms with Crippen LogP contribution in [0.1, 0.15) is 23.4 Å². The molecule has 3 aromatic rings. The molecule has 0 aliphatic heterocycles. The number of fused-ring (bicyclic) bond motifs is 1. The Balaban J connectivity index is 1.61. The second-order valence-corrected chi connectivity index (χ2v) is 5.45. The molecule has 1 aromatic heterocycles. The third-order valence-corrected chi connectivity index (χ3v) is 3.54. The van der Waals surface area contributed by atoms with Gasteiger partial charge < -0.3 is 9.73 Å². The first-order valence-corrected chi connectivity index (χ1v) is 7.33. The lowest BCUT2D eigenvalue weighted by atomic mass is 10.1. The van der Waals surface area contributed by atoms with Gasteiger partial charge in [-0.3, -0.25) is 4.79 Å². The van der Waals surface area contributed by atoms with Crippen molar-refractivity contribution in [3.63, 3.8) is 0 Å². The van der Waals surface area contributed by atoms with Crippen LogP contribution in [0.4, 0.5) is 5.69 Å². The van der Waals surface area contributed by atoms with E-state index in [-0.39, 0.29) is 5.91 Å². The number of hydrogen-bond acceptors (Lipinski definition) is 3. The van der Waals surface area contributed by atoms with Gasteiger partial charge in [0.25, 0.3) is 0 Å². The molecule has 1 amide bonds. The molecule has 0 aliphatic rings. The van der Waals surface area contributed by atoms with Crippen molar-refractivity contribution in [2.45, 2.75) is 26.7 Å². The molecule has 0 radical (unpaired) electrons. The quantitative estimate of drug-likeness (QED) is 0.790. The Labute approximate surface area is 129 Å². The van der Waals surface area contributed by atoms with Gasteiger partial charge in [0.2, 0.25) is 5.91 Å². The fourth-order valence-electron chi connectivity index (χ4n) is 2.35. The van der Waals surface area contributed by atoms with Crippen molar-refractivity contribution in [1.29, 1.82) is 0 Å². The Morgan fingerprint density at radius 2 is 1.91 bits per heavy atom. The van der Waals surface area contributed by atoms with Crippen LogP contribution in [0.15, 0.2) is 46.9 Å². The van der Waals surface area contributed by atoms with Crippen LogP contribution in [0.25, 0.3) is 11.1 Å². The standard InChI is InChI=1S/C18H18N2O2/c1-12-3-5-14(6-4-12)7-10-18(21)20-15-8-9-16-17(11-15)22-13(2)19-16/h3-6,8-9,11H,7,10H2,1-2H3,(H,20,21). The molecule has 0 atom stereocenters. The molecule has 4 nitrogen and oxygen atoms in total. The van der Waals surface area contributed by atoms with Gasteiger partial charge in [0, 0.05) is 25.1 Å². The smallest absolute Gasteiger partial charge is 0.224 e. The van der Waals surface area contributed by atoms with Crippen LogP contribution in [0, 0.1) is 13.8 Å². The third kappa shape index (κ3) is 3.34. The van der Waals surface area contributed by atoms with Crippen LogP contribution in [0.3, 0.4) is 0 Å². The first-order chi connectivity index (χ1) is 10.6. The Morgan fingerprint density at radius 1 is 1.14 bits per heavy atom. The van der Waals surface area contributed by atoms with Crippen LogP contribution in [-0.2, 0) is 11.2 Å². The minimum absolute atomic E-state index is 0.00355. The van der Waals surface area contributed by atoms with Gasteiger partial charge in [0.15, 0.2) is 11.5 Å². The molecule has 1 heterocycles. The summed E-state index contributed by atoms with van der Waals surface area (Å²) >= 11 is 0. The van der Waals surface area contributed by atoms with E-state index in [9.17, 15) is 4.79 Å². The summed E-state index contributed by atoms with van der Waals surface area (Å²) in [4.78, 5) is 16.3. The van der Waals surface area contributed by atoms with E-state index in [1.54, 1.807) is 13.0 Å². The number of amides is 1. The van der Waals surface area contributed by atoms with Crippen LogP contribution in [0.2, 0.25) is 0 Å². The fraction of sp³-hybridized carbons (Fsp3) is 0.222. The normalized spacial score (nSPS) is 10.8. The molecule has 0 fully saturated rings. The summed E-state index contributed by atoms with van der Waals surface area (Å²) in [5.41, 5.74) is 4.62. The third-order valence-electron chi connectivity index (χ3n) is 3.54. The monoisotopic (exact) mass is 294 g/mol. The highest BCUT2D eigenvalue weighted by Gasteiger charge is 2.06. The Kier molecular flexibility index (Phi) is 3.92. The molecule has 0 saturated heterocycles. The van der Waals surface area contributed by atoms with Gasteiger partial charge in [-0.1, -0.05) is 29.8 Å². The first-order valence-electron chi connectivity index (χ1n) is 7.33. The van der Waals surface area contributed by atoms with Gasteiger partial charge >= 0.3 is 0 Å². The number of carbonyl (C=O) groups excluding carboxylic acids is 1. The van der Waals surface area contributed by atoms with E-state index >= 15 is 0 Å². The van der Waals surface area contributed by atoms with E-state index in [0.717, 1.165) is 17.6 Å². The van der Waals surface area contributed by atoms with Gasteiger partial charge in [-0.25, -0.2) is 4.98 Å². The van der Waals surface area contributed by atoms with E-state index < -0.39 is 0 Å². The van der Waals surface area contributed by atoms with Crippen LogP contribution in [-0.4, -0.2) is 10.9 Å². The van der Waals surface area contributed by atoms with Crippen LogP contribution >= 0.6 is 0 Å². The maximum atomic E-state index is 12.0. The number of carbonyl (C=O) groups is 1. The summed E-state index contributed by atoms with van der Waals surface area (Å²) in [5, 5.41) is 2.90. The van der Waals surface area contributed by atoms with E-state index in [1.807, 2.05) is 12.1 Å². The van der Waals surface area contributed by atoms with E-state index in [1.165, 1.54) is 11.1 Å². The number of hydrogen-bond donors (Lipinski definition) is 1. The number of oxazole rings is 1. The summed E-state index contributed by atoms with van der Waals surface area (Å²) < 4.78 is 5.47. The number of aromatic nitrogens is 1. The Bertz CT molecular complexity index is 804. The lowest BCUT2D eigenvalue weighted by Crippen LogP contribution is -2.12. The second kappa shape index (κ2) is 6.02. The summed E-state index contributed by atoms with van der Waals surface area (Å²) in [6.07, 6.45) is 1.19. The summed E-state index contributed by atoms with van der Waals surface area (Å²) in [5.74, 6) is 0.619. The minimum atomic E-state index is -0.00355. The van der Waals surface area contributed by atoms with Crippen molar-refractivity contribution in [3.05, 3.63) is 59.5 Å². The Morgan fingerprint density at radius 3 is 2.68 bits per heavy atom. The highest BCUT2D eigenvalue weighted by Crippen LogP contribution is 2.20. The van der Waals surface area contributed by atoms with E-state index in [2.05, 4.69) is 41.5 Å². The molecule has 0 unspecified atom stereocenters. The van der Waals surface area contributed by atoms with Crippen molar-refractivity contribution in [2.75, 3.05) is 5.32 Å². The average molecular weight is 294 g/mol. The predicted molar refractivity (Wildman–Crippen MR) is 86.9 cm³/mol. The zero-order valence-corrected chi connectivity index (χ0v) is 12.7. The molecule has 2 aromatic carbocycles. The van der Waals surface area contributed by atoms with Crippen molar-refractivity contribution < 1.29 is 9.21 Å². The molecule has 0 spiro atoms. The highest BCUT2D eigenvalue weighted by molar-refractivity contribution is 5.92. The van der Waals surface area contributed by atoms with Gasteiger partial charge in [-0.15, -0.1) is 0 Å². The van der Waals surface area contributed by atoms with Crippen molar-refractivity contribution in [2.24, 2.45) is 0 Å². The number of nitrogens with one attached hydrogen (secondary N) is 1. The minimum Gasteiger partial charge on any atom is -0.441 e. The summed E-state index contributed by atoms with van der Waals surface area (Å²) in [6, 6.07) is 13.7. The Hall–Kier alpha value is -2.62. The molecule has 1 N–H and O–H groups in total. The lowest BCUT2D eigenvalue weighted by Gasteiger charge is -2.05. The maximum Gasteiger partial charge on any atom is 0.224 e. The maximum absolute atomic E-state index is 12.0. The largest absolute Gasteiger partial charge is 0.441 e. The van der Waals surface area contributed by atoms with Crippen LogP contribution < -0.4 is 5.32 Å². The molecule has 3 rings (SSSR count). The molecule has 0 bridgehead atoms. The van der Waals surface area contributed by atoms with Crippen molar-refractivity contribution in [3.8, 4) is 0 Å². The SMILES string of the molecule is Cc1ccc(CCC(=O)Nc2ccc3nc(C)oc3c2)cc1. The molecule has 0 saturated carbocycles. The first kappa shape index (κ1) is 14.3. The number of benzene rings is 2. The second-order valence-electron chi connectivity index (χ2n) is 5.45.